The Bertz CT molecular complexity index is 943. The second-order valence-corrected chi connectivity index (χ2v) is 7.21. The van der Waals surface area contributed by atoms with E-state index in [1.165, 1.54) is 0 Å². The largest absolute Gasteiger partial charge is 0.494 e. The molecule has 0 saturated carbocycles. The third-order valence-electron chi connectivity index (χ3n) is 4.93. The van der Waals surface area contributed by atoms with Crippen molar-refractivity contribution in [2.24, 2.45) is 0 Å². The summed E-state index contributed by atoms with van der Waals surface area (Å²) >= 11 is 0. The number of nitrogens with one attached hydrogen (secondary N) is 2. The summed E-state index contributed by atoms with van der Waals surface area (Å²) in [6.07, 6.45) is 0.0508. The second-order valence-electron chi connectivity index (χ2n) is 7.21. The number of para-hydroxylation sites is 2. The van der Waals surface area contributed by atoms with Crippen LogP contribution in [0.5, 0.6) is 17.2 Å². The molecule has 2 aliphatic rings. The van der Waals surface area contributed by atoms with Crippen LogP contribution in [0.25, 0.3) is 0 Å². The first-order valence-corrected chi connectivity index (χ1v) is 9.82. The highest BCUT2D eigenvalue weighted by atomic mass is 16.5. The van der Waals surface area contributed by atoms with Gasteiger partial charge in [-0.2, -0.15) is 0 Å². The fraction of sp³-hybridized carbons (Fsp3) is 0.364. The Balaban J connectivity index is 1.40. The van der Waals surface area contributed by atoms with E-state index in [0.29, 0.717) is 18.0 Å². The maximum Gasteiger partial charge on any atom is 0.266 e. The maximum absolute atomic E-state index is 12.5. The zero-order valence-corrected chi connectivity index (χ0v) is 16.5. The third-order valence-corrected chi connectivity index (χ3v) is 4.93. The van der Waals surface area contributed by atoms with E-state index in [1.54, 1.807) is 12.1 Å². The lowest BCUT2D eigenvalue weighted by Gasteiger charge is -2.25. The van der Waals surface area contributed by atoms with Gasteiger partial charge >= 0.3 is 0 Å². The second kappa shape index (κ2) is 8.03. The van der Waals surface area contributed by atoms with E-state index in [9.17, 15) is 9.59 Å². The summed E-state index contributed by atoms with van der Waals surface area (Å²) in [6.45, 7) is 4.76. The van der Waals surface area contributed by atoms with E-state index in [1.807, 2.05) is 38.1 Å². The lowest BCUT2D eigenvalue weighted by atomic mass is 10.1. The van der Waals surface area contributed by atoms with Crippen molar-refractivity contribution in [2.75, 3.05) is 11.9 Å². The third kappa shape index (κ3) is 4.13. The Hall–Kier alpha value is -3.22. The number of rotatable bonds is 6. The van der Waals surface area contributed by atoms with Gasteiger partial charge in [0.25, 0.3) is 5.91 Å². The molecule has 4 rings (SSSR count). The molecule has 2 amide bonds. The summed E-state index contributed by atoms with van der Waals surface area (Å²) in [4.78, 5) is 24.7. The number of ether oxygens (including phenoxy) is 3. The van der Waals surface area contributed by atoms with Gasteiger partial charge in [0.05, 0.1) is 18.7 Å². The highest BCUT2D eigenvalue weighted by molar-refractivity contribution is 5.99. The number of hydrogen-bond donors (Lipinski definition) is 2. The molecule has 29 heavy (non-hydrogen) atoms. The number of benzene rings is 2. The molecule has 0 aromatic heterocycles. The molecule has 2 atom stereocenters. The Morgan fingerprint density at radius 3 is 2.90 bits per heavy atom. The average molecular weight is 396 g/mol. The Morgan fingerprint density at radius 1 is 1.24 bits per heavy atom. The number of anilines is 1. The van der Waals surface area contributed by atoms with Crippen molar-refractivity contribution >= 4 is 17.5 Å². The zero-order chi connectivity index (χ0) is 20.4. The molecule has 0 spiro atoms. The van der Waals surface area contributed by atoms with Gasteiger partial charge in [-0.05, 0) is 38.1 Å². The molecule has 152 valence electrons. The number of carbonyl (C=O) groups is 2. The number of fused-ring (bicyclic) bond motifs is 2. The molecule has 2 aliphatic heterocycles. The van der Waals surface area contributed by atoms with Crippen LogP contribution in [0.15, 0.2) is 36.4 Å². The van der Waals surface area contributed by atoms with E-state index in [-0.39, 0.29) is 30.9 Å². The fourth-order valence-corrected chi connectivity index (χ4v) is 3.57. The zero-order valence-electron chi connectivity index (χ0n) is 16.5. The van der Waals surface area contributed by atoms with Gasteiger partial charge in [-0.1, -0.05) is 12.1 Å². The smallest absolute Gasteiger partial charge is 0.266 e. The summed E-state index contributed by atoms with van der Waals surface area (Å²) in [5.41, 5.74) is 2.57. The highest BCUT2D eigenvalue weighted by Gasteiger charge is 2.29. The minimum absolute atomic E-state index is 0.0669. The van der Waals surface area contributed by atoms with Crippen LogP contribution in [0.3, 0.4) is 0 Å². The molecule has 7 nitrogen and oxygen atoms in total. The van der Waals surface area contributed by atoms with Crippen molar-refractivity contribution in [3.05, 3.63) is 47.5 Å². The van der Waals surface area contributed by atoms with Gasteiger partial charge < -0.3 is 24.8 Å². The number of amides is 2. The number of carbonyl (C=O) groups excluding carboxylic acids is 2. The molecule has 2 heterocycles. The van der Waals surface area contributed by atoms with Gasteiger partial charge in [0.15, 0.2) is 6.10 Å². The van der Waals surface area contributed by atoms with E-state index >= 15 is 0 Å². The van der Waals surface area contributed by atoms with Crippen molar-refractivity contribution in [3.63, 3.8) is 0 Å². The molecule has 0 fully saturated rings. The van der Waals surface area contributed by atoms with Gasteiger partial charge in [0.1, 0.15) is 23.4 Å². The van der Waals surface area contributed by atoms with Crippen molar-refractivity contribution in [1.82, 2.24) is 5.32 Å². The maximum atomic E-state index is 12.5. The van der Waals surface area contributed by atoms with Crippen LogP contribution in [0.2, 0.25) is 0 Å². The predicted molar refractivity (Wildman–Crippen MR) is 107 cm³/mol. The molecule has 0 unspecified atom stereocenters. The van der Waals surface area contributed by atoms with Crippen molar-refractivity contribution in [3.8, 4) is 17.2 Å². The van der Waals surface area contributed by atoms with Crippen LogP contribution in [-0.2, 0) is 22.6 Å². The van der Waals surface area contributed by atoms with Gasteiger partial charge in [-0.25, -0.2) is 0 Å². The van der Waals surface area contributed by atoms with Gasteiger partial charge in [0, 0.05) is 24.1 Å². The van der Waals surface area contributed by atoms with Crippen molar-refractivity contribution in [2.45, 2.75) is 45.4 Å². The number of hydrogen-bond acceptors (Lipinski definition) is 5. The van der Waals surface area contributed by atoms with Crippen LogP contribution in [0, 0.1) is 0 Å². The molecule has 7 heteroatoms. The molecule has 0 radical (unpaired) electrons. The standard InChI is InChI=1S/C22H24N2O5/c1-3-27-18-9-14-8-13(2)28-19(14)10-15(18)12-23-21(25)11-20-22(26)24-16-6-4-5-7-17(16)29-20/h4-7,9-10,13,20H,3,8,11-12H2,1-2H3,(H,23,25)(H,24,26)/t13-,20+/m0/s1. The van der Waals surface area contributed by atoms with Crippen molar-refractivity contribution < 1.29 is 23.8 Å². The predicted octanol–water partition coefficient (Wildman–Crippen LogP) is 2.81. The Kier molecular flexibility index (Phi) is 5.29. The first kappa shape index (κ1) is 19.1. The Morgan fingerprint density at radius 2 is 2.07 bits per heavy atom. The SMILES string of the molecule is CCOc1cc2c(cc1CNC(=O)C[C@H]1Oc3ccccc3NC1=O)O[C@@H](C)C2. The lowest BCUT2D eigenvalue weighted by molar-refractivity contribution is -0.130. The van der Waals surface area contributed by atoms with Gasteiger partial charge in [-0.3, -0.25) is 9.59 Å². The summed E-state index contributed by atoms with van der Waals surface area (Å²) in [7, 11) is 0. The summed E-state index contributed by atoms with van der Waals surface area (Å²) in [5.74, 6) is 1.53. The average Bonchev–Trinajstić information content (AvgIpc) is 3.06. The van der Waals surface area contributed by atoms with Crippen molar-refractivity contribution in [1.29, 1.82) is 0 Å². The topological polar surface area (TPSA) is 85.9 Å². The molecular formula is C22H24N2O5. The molecule has 0 bridgehead atoms. The van der Waals surface area contributed by atoms with Crippen LogP contribution in [0.4, 0.5) is 5.69 Å². The monoisotopic (exact) mass is 396 g/mol. The minimum atomic E-state index is -0.861. The molecule has 0 saturated heterocycles. The Labute approximate surface area is 169 Å². The normalized spacial score (nSPS) is 19.3. The van der Waals surface area contributed by atoms with E-state index in [4.69, 9.17) is 14.2 Å². The van der Waals surface area contributed by atoms with Gasteiger partial charge in [-0.15, -0.1) is 0 Å². The minimum Gasteiger partial charge on any atom is -0.494 e. The van der Waals surface area contributed by atoms with Gasteiger partial charge in [0.2, 0.25) is 5.91 Å². The van der Waals surface area contributed by atoms with E-state index < -0.39 is 6.10 Å². The highest BCUT2D eigenvalue weighted by Crippen LogP contribution is 2.35. The van der Waals surface area contributed by atoms with Crippen LogP contribution < -0.4 is 24.8 Å². The molecular weight excluding hydrogens is 372 g/mol. The molecule has 2 N–H and O–H groups in total. The first-order valence-electron chi connectivity index (χ1n) is 9.82. The van der Waals surface area contributed by atoms with E-state index in [0.717, 1.165) is 29.0 Å². The molecule has 0 aliphatic carbocycles. The lowest BCUT2D eigenvalue weighted by Crippen LogP contribution is -2.40. The molecule has 2 aromatic carbocycles. The summed E-state index contributed by atoms with van der Waals surface area (Å²) in [6, 6.07) is 11.1. The first-order chi connectivity index (χ1) is 14.0. The van der Waals surface area contributed by atoms with Crippen LogP contribution in [-0.4, -0.2) is 30.6 Å². The molecule has 2 aromatic rings. The summed E-state index contributed by atoms with van der Waals surface area (Å²) in [5, 5.41) is 5.62. The van der Waals surface area contributed by atoms with Crippen LogP contribution >= 0.6 is 0 Å². The summed E-state index contributed by atoms with van der Waals surface area (Å²) < 4.78 is 17.2. The van der Waals surface area contributed by atoms with E-state index in [2.05, 4.69) is 10.6 Å². The fourth-order valence-electron chi connectivity index (χ4n) is 3.57. The van der Waals surface area contributed by atoms with Crippen LogP contribution in [0.1, 0.15) is 31.4 Å². The quantitative estimate of drug-likeness (QED) is 0.784.